The Kier molecular flexibility index (Phi) is 7.51. The summed E-state index contributed by atoms with van der Waals surface area (Å²) in [5.74, 6) is 0.363. The molecule has 0 spiro atoms. The molecule has 0 radical (unpaired) electrons. The van der Waals surface area contributed by atoms with E-state index in [0.717, 1.165) is 32.2 Å². The lowest BCUT2D eigenvalue weighted by atomic mass is 10.0. The van der Waals surface area contributed by atoms with Gasteiger partial charge in [0.1, 0.15) is 11.4 Å². The Bertz CT molecular complexity index is 620. The molecule has 0 bridgehead atoms. The quantitative estimate of drug-likeness (QED) is 0.687. The molecule has 1 atom stereocenters. The zero-order chi connectivity index (χ0) is 19.9. The average molecular weight is 377 g/mol. The van der Waals surface area contributed by atoms with E-state index in [4.69, 9.17) is 14.2 Å². The van der Waals surface area contributed by atoms with E-state index < -0.39 is 5.60 Å². The van der Waals surface area contributed by atoms with Gasteiger partial charge in [0.2, 0.25) is 0 Å². The Balaban J connectivity index is 1.85. The summed E-state index contributed by atoms with van der Waals surface area (Å²) >= 11 is 0. The van der Waals surface area contributed by atoms with Crippen molar-refractivity contribution in [2.45, 2.75) is 65.0 Å². The molecular formula is C21H31NO5. The fourth-order valence-electron chi connectivity index (χ4n) is 3.08. The van der Waals surface area contributed by atoms with E-state index >= 15 is 0 Å². The Hall–Kier alpha value is -2.24. The monoisotopic (exact) mass is 377 g/mol. The van der Waals surface area contributed by atoms with Gasteiger partial charge in [0, 0.05) is 19.0 Å². The van der Waals surface area contributed by atoms with Gasteiger partial charge in [0.25, 0.3) is 0 Å². The van der Waals surface area contributed by atoms with Gasteiger partial charge in [-0.2, -0.15) is 0 Å². The minimum absolute atomic E-state index is 0.132. The van der Waals surface area contributed by atoms with Gasteiger partial charge in [0.15, 0.2) is 0 Å². The third-order valence-corrected chi connectivity index (χ3v) is 4.34. The number of nitrogens with zero attached hydrogens (tertiary/aromatic N) is 1. The van der Waals surface area contributed by atoms with Crippen molar-refractivity contribution in [2.75, 3.05) is 19.8 Å². The standard InChI is InChI=1S/C21H31NO5/c1-5-25-19(23)16-9-11-18(12-10-16)26-15-13-17-8-6-7-14-22(17)20(24)27-21(2,3)4/h9-12,17H,5-8,13-15H2,1-4H3. The number of amides is 1. The van der Waals surface area contributed by atoms with Crippen molar-refractivity contribution < 1.29 is 23.8 Å². The molecule has 6 heteroatoms. The van der Waals surface area contributed by atoms with E-state index in [2.05, 4.69) is 0 Å². The molecule has 1 unspecified atom stereocenters. The van der Waals surface area contributed by atoms with Crippen LogP contribution in [0.25, 0.3) is 0 Å². The number of hydrogen-bond donors (Lipinski definition) is 0. The molecular weight excluding hydrogens is 346 g/mol. The lowest BCUT2D eigenvalue weighted by molar-refractivity contribution is 0.00742. The summed E-state index contributed by atoms with van der Waals surface area (Å²) in [4.78, 5) is 25.9. The second-order valence-electron chi connectivity index (χ2n) is 7.71. The number of piperidine rings is 1. The molecule has 27 heavy (non-hydrogen) atoms. The molecule has 0 saturated carbocycles. The summed E-state index contributed by atoms with van der Waals surface area (Å²) in [5.41, 5.74) is 0.0172. The first kappa shape index (κ1) is 21.1. The van der Waals surface area contributed by atoms with Crippen molar-refractivity contribution in [3.8, 4) is 5.75 Å². The predicted molar refractivity (Wildman–Crippen MR) is 103 cm³/mol. The van der Waals surface area contributed by atoms with Gasteiger partial charge in [-0.3, -0.25) is 0 Å². The average Bonchev–Trinajstić information content (AvgIpc) is 2.61. The summed E-state index contributed by atoms with van der Waals surface area (Å²) in [7, 11) is 0. The first-order chi connectivity index (χ1) is 12.8. The maximum Gasteiger partial charge on any atom is 0.410 e. The molecule has 1 aliphatic rings. The topological polar surface area (TPSA) is 65.1 Å². The maximum absolute atomic E-state index is 12.4. The van der Waals surface area contributed by atoms with E-state index in [1.54, 1.807) is 31.2 Å². The highest BCUT2D eigenvalue weighted by Crippen LogP contribution is 2.23. The van der Waals surface area contributed by atoms with Crippen LogP contribution in [0.2, 0.25) is 0 Å². The van der Waals surface area contributed by atoms with E-state index in [1.165, 1.54) is 0 Å². The maximum atomic E-state index is 12.4. The van der Waals surface area contributed by atoms with E-state index in [1.807, 2.05) is 25.7 Å². The zero-order valence-electron chi connectivity index (χ0n) is 16.8. The van der Waals surface area contributed by atoms with Gasteiger partial charge in [-0.05, 0) is 71.2 Å². The Morgan fingerprint density at radius 3 is 2.48 bits per heavy atom. The number of hydrogen-bond acceptors (Lipinski definition) is 5. The number of rotatable bonds is 6. The third-order valence-electron chi connectivity index (χ3n) is 4.34. The molecule has 0 aromatic heterocycles. The first-order valence-corrected chi connectivity index (χ1v) is 9.70. The molecule has 1 heterocycles. The van der Waals surface area contributed by atoms with Crippen molar-refractivity contribution in [3.63, 3.8) is 0 Å². The van der Waals surface area contributed by atoms with E-state index in [-0.39, 0.29) is 18.1 Å². The molecule has 1 aromatic rings. The Morgan fingerprint density at radius 2 is 1.85 bits per heavy atom. The number of benzene rings is 1. The van der Waals surface area contributed by atoms with Crippen molar-refractivity contribution in [3.05, 3.63) is 29.8 Å². The van der Waals surface area contributed by atoms with Crippen LogP contribution < -0.4 is 4.74 Å². The molecule has 0 aliphatic carbocycles. The van der Waals surface area contributed by atoms with E-state index in [9.17, 15) is 9.59 Å². The van der Waals surface area contributed by atoms with Gasteiger partial charge in [-0.1, -0.05) is 0 Å². The minimum Gasteiger partial charge on any atom is -0.494 e. The van der Waals surface area contributed by atoms with Crippen LogP contribution in [0.1, 0.15) is 63.7 Å². The smallest absolute Gasteiger partial charge is 0.410 e. The molecule has 6 nitrogen and oxygen atoms in total. The summed E-state index contributed by atoms with van der Waals surface area (Å²) in [6.45, 7) is 9.01. The van der Waals surface area contributed by atoms with Crippen LogP contribution in [0.4, 0.5) is 4.79 Å². The second kappa shape index (κ2) is 9.62. The SMILES string of the molecule is CCOC(=O)c1ccc(OCCC2CCCCN2C(=O)OC(C)(C)C)cc1. The summed E-state index contributed by atoms with van der Waals surface area (Å²) in [5, 5.41) is 0. The zero-order valence-corrected chi connectivity index (χ0v) is 16.8. The molecule has 1 aliphatic heterocycles. The predicted octanol–water partition coefficient (Wildman–Crippen LogP) is 4.42. The van der Waals surface area contributed by atoms with Crippen LogP contribution in [0.5, 0.6) is 5.75 Å². The van der Waals surface area contributed by atoms with E-state index in [0.29, 0.717) is 24.5 Å². The van der Waals surface area contributed by atoms with Crippen LogP contribution >= 0.6 is 0 Å². The van der Waals surface area contributed by atoms with Crippen molar-refractivity contribution in [1.82, 2.24) is 4.90 Å². The van der Waals surface area contributed by atoms with Crippen molar-refractivity contribution in [2.24, 2.45) is 0 Å². The van der Waals surface area contributed by atoms with Crippen LogP contribution in [-0.4, -0.2) is 48.4 Å². The summed E-state index contributed by atoms with van der Waals surface area (Å²) in [6, 6.07) is 7.05. The highest BCUT2D eigenvalue weighted by atomic mass is 16.6. The van der Waals surface area contributed by atoms with Gasteiger partial charge in [-0.25, -0.2) is 9.59 Å². The lowest BCUT2D eigenvalue weighted by Gasteiger charge is -2.36. The number of esters is 1. The number of likely N-dealkylation sites (tertiary alicyclic amines) is 1. The third kappa shape index (κ3) is 6.77. The highest BCUT2D eigenvalue weighted by Gasteiger charge is 2.30. The second-order valence-corrected chi connectivity index (χ2v) is 7.71. The molecule has 150 valence electrons. The fraction of sp³-hybridized carbons (Fsp3) is 0.619. The van der Waals surface area contributed by atoms with Gasteiger partial charge in [-0.15, -0.1) is 0 Å². The van der Waals surface area contributed by atoms with Crippen LogP contribution in [-0.2, 0) is 9.47 Å². The number of carbonyl (C=O) groups is 2. The van der Waals surface area contributed by atoms with Crippen LogP contribution in [0.3, 0.4) is 0 Å². The minimum atomic E-state index is -0.490. The van der Waals surface area contributed by atoms with Crippen LogP contribution in [0.15, 0.2) is 24.3 Å². The molecule has 0 N–H and O–H groups in total. The highest BCUT2D eigenvalue weighted by molar-refractivity contribution is 5.89. The summed E-state index contributed by atoms with van der Waals surface area (Å²) in [6.07, 6.45) is 3.58. The van der Waals surface area contributed by atoms with Gasteiger partial charge in [0.05, 0.1) is 18.8 Å². The van der Waals surface area contributed by atoms with Crippen molar-refractivity contribution in [1.29, 1.82) is 0 Å². The number of ether oxygens (including phenoxy) is 3. The van der Waals surface area contributed by atoms with Crippen molar-refractivity contribution >= 4 is 12.1 Å². The van der Waals surface area contributed by atoms with Gasteiger partial charge >= 0.3 is 12.1 Å². The Morgan fingerprint density at radius 1 is 1.15 bits per heavy atom. The van der Waals surface area contributed by atoms with Crippen LogP contribution in [0, 0.1) is 0 Å². The van der Waals surface area contributed by atoms with Gasteiger partial charge < -0.3 is 19.1 Å². The molecule has 1 amide bonds. The fourth-order valence-corrected chi connectivity index (χ4v) is 3.08. The molecule has 1 fully saturated rings. The number of carbonyl (C=O) groups excluding carboxylic acids is 2. The molecule has 2 rings (SSSR count). The largest absolute Gasteiger partial charge is 0.494 e. The Labute approximate surface area is 161 Å². The lowest BCUT2D eigenvalue weighted by Crippen LogP contribution is -2.46. The first-order valence-electron chi connectivity index (χ1n) is 9.70. The molecule has 1 aromatic carbocycles. The molecule has 1 saturated heterocycles. The summed E-state index contributed by atoms with van der Waals surface area (Å²) < 4.78 is 16.3. The normalized spacial score (nSPS) is 17.3.